The van der Waals surface area contributed by atoms with E-state index in [1.165, 1.54) is 0 Å². The van der Waals surface area contributed by atoms with E-state index in [2.05, 4.69) is 15.6 Å². The van der Waals surface area contributed by atoms with E-state index in [1.54, 1.807) is 7.05 Å². The molecule has 2 aliphatic heterocycles. The molecule has 0 aromatic rings. The van der Waals surface area contributed by atoms with Crippen LogP contribution in [0.3, 0.4) is 0 Å². The minimum absolute atomic E-state index is 0.0132. The summed E-state index contributed by atoms with van der Waals surface area (Å²) in [5.41, 5.74) is 0. The van der Waals surface area contributed by atoms with Gasteiger partial charge in [-0.15, -0.1) is 0 Å². The molecule has 0 aromatic heterocycles. The third kappa shape index (κ3) is 1.51. The fraction of sp³-hybridized carbons (Fsp3) is 0.750. The monoisotopic (exact) mass is 183 g/mol. The van der Waals surface area contributed by atoms with Crippen molar-refractivity contribution in [1.29, 1.82) is 0 Å². The number of guanidine groups is 1. The SMILES string of the molecule is CN=C1NC(=O)C(C2CCCO2)N1. The lowest BCUT2D eigenvalue weighted by Gasteiger charge is -2.14. The molecular formula is C8H13N3O2. The second kappa shape index (κ2) is 3.33. The van der Waals surface area contributed by atoms with Crippen molar-refractivity contribution in [3.63, 3.8) is 0 Å². The molecule has 2 saturated heterocycles. The van der Waals surface area contributed by atoms with Crippen molar-refractivity contribution < 1.29 is 9.53 Å². The van der Waals surface area contributed by atoms with E-state index >= 15 is 0 Å². The largest absolute Gasteiger partial charge is 0.376 e. The maximum Gasteiger partial charge on any atom is 0.251 e. The number of aliphatic imine (C=N–C) groups is 1. The Morgan fingerprint density at radius 3 is 3.00 bits per heavy atom. The van der Waals surface area contributed by atoms with Crippen molar-refractivity contribution in [1.82, 2.24) is 10.6 Å². The van der Waals surface area contributed by atoms with Crippen LogP contribution in [0.15, 0.2) is 4.99 Å². The van der Waals surface area contributed by atoms with Gasteiger partial charge >= 0.3 is 0 Å². The lowest BCUT2D eigenvalue weighted by atomic mass is 10.1. The summed E-state index contributed by atoms with van der Waals surface area (Å²) in [6.45, 7) is 0.759. The Labute approximate surface area is 76.6 Å². The standard InChI is InChI=1S/C8H13N3O2/c1-9-8-10-6(7(12)11-8)5-3-2-4-13-5/h5-6H,2-4H2,1H3,(H2,9,10,11,12). The van der Waals surface area contributed by atoms with Crippen LogP contribution >= 0.6 is 0 Å². The van der Waals surface area contributed by atoms with E-state index in [1.807, 2.05) is 0 Å². The molecule has 2 unspecified atom stereocenters. The molecule has 2 N–H and O–H groups in total. The van der Waals surface area contributed by atoms with Gasteiger partial charge < -0.3 is 10.1 Å². The van der Waals surface area contributed by atoms with Gasteiger partial charge in [0.05, 0.1) is 6.10 Å². The fourth-order valence-corrected chi connectivity index (χ4v) is 1.69. The Hall–Kier alpha value is -1.10. The van der Waals surface area contributed by atoms with Crippen LogP contribution < -0.4 is 10.6 Å². The van der Waals surface area contributed by atoms with Gasteiger partial charge in [0.2, 0.25) is 0 Å². The van der Waals surface area contributed by atoms with E-state index in [0.717, 1.165) is 19.4 Å². The Balaban J connectivity index is 2.03. The van der Waals surface area contributed by atoms with Crippen molar-refractivity contribution >= 4 is 11.9 Å². The van der Waals surface area contributed by atoms with Gasteiger partial charge in [-0.05, 0) is 12.8 Å². The van der Waals surface area contributed by atoms with Crippen LogP contribution in [-0.2, 0) is 9.53 Å². The first kappa shape index (κ1) is 8.50. The summed E-state index contributed by atoms with van der Waals surface area (Å²) in [5.74, 6) is 0.512. The smallest absolute Gasteiger partial charge is 0.251 e. The summed E-state index contributed by atoms with van der Waals surface area (Å²) >= 11 is 0. The summed E-state index contributed by atoms with van der Waals surface area (Å²) in [5, 5.41) is 5.65. The summed E-state index contributed by atoms with van der Waals surface area (Å²) in [6.07, 6.45) is 2.00. The first-order chi connectivity index (χ1) is 6.31. The highest BCUT2D eigenvalue weighted by molar-refractivity contribution is 6.06. The Kier molecular flexibility index (Phi) is 2.18. The highest BCUT2D eigenvalue weighted by Gasteiger charge is 2.37. The topological polar surface area (TPSA) is 62.7 Å². The number of carbonyl (C=O) groups excluding carboxylic acids is 1. The predicted octanol–water partition coefficient (Wildman–Crippen LogP) is -0.761. The van der Waals surface area contributed by atoms with Crippen LogP contribution in [0, 0.1) is 0 Å². The summed E-state index contributed by atoms with van der Waals surface area (Å²) in [6, 6.07) is -0.249. The van der Waals surface area contributed by atoms with Gasteiger partial charge in [-0.3, -0.25) is 15.1 Å². The normalized spacial score (nSPS) is 36.4. The first-order valence-corrected chi connectivity index (χ1v) is 4.47. The molecule has 2 atom stereocenters. The molecular weight excluding hydrogens is 170 g/mol. The number of ether oxygens (including phenoxy) is 1. The molecule has 2 heterocycles. The van der Waals surface area contributed by atoms with Gasteiger partial charge in [0, 0.05) is 13.7 Å². The molecule has 13 heavy (non-hydrogen) atoms. The Morgan fingerprint density at radius 1 is 1.62 bits per heavy atom. The molecule has 0 aromatic carbocycles. The van der Waals surface area contributed by atoms with Crippen LogP contribution in [-0.4, -0.2) is 37.7 Å². The van der Waals surface area contributed by atoms with Crippen molar-refractivity contribution in [3.8, 4) is 0 Å². The second-order valence-corrected chi connectivity index (χ2v) is 3.23. The number of nitrogens with one attached hydrogen (secondary N) is 2. The zero-order chi connectivity index (χ0) is 9.26. The number of amides is 1. The molecule has 2 fully saturated rings. The van der Waals surface area contributed by atoms with Crippen LogP contribution in [0.4, 0.5) is 0 Å². The molecule has 0 radical (unpaired) electrons. The van der Waals surface area contributed by atoms with Crippen molar-refractivity contribution in [2.24, 2.45) is 4.99 Å². The molecule has 1 amide bonds. The van der Waals surface area contributed by atoms with Gasteiger partial charge in [0.25, 0.3) is 5.91 Å². The zero-order valence-electron chi connectivity index (χ0n) is 7.54. The lowest BCUT2D eigenvalue weighted by Crippen LogP contribution is -2.40. The van der Waals surface area contributed by atoms with E-state index < -0.39 is 0 Å². The number of carbonyl (C=O) groups is 1. The average Bonchev–Trinajstić information content (AvgIpc) is 2.72. The second-order valence-electron chi connectivity index (χ2n) is 3.23. The van der Waals surface area contributed by atoms with Crippen LogP contribution in [0.1, 0.15) is 12.8 Å². The Morgan fingerprint density at radius 2 is 2.46 bits per heavy atom. The first-order valence-electron chi connectivity index (χ1n) is 4.47. The van der Waals surface area contributed by atoms with Gasteiger partial charge in [-0.1, -0.05) is 0 Å². The van der Waals surface area contributed by atoms with Crippen molar-refractivity contribution in [3.05, 3.63) is 0 Å². The fourth-order valence-electron chi connectivity index (χ4n) is 1.69. The summed E-state index contributed by atoms with van der Waals surface area (Å²) in [7, 11) is 1.64. The van der Waals surface area contributed by atoms with Gasteiger partial charge in [-0.25, -0.2) is 0 Å². The molecule has 5 nitrogen and oxygen atoms in total. The van der Waals surface area contributed by atoms with Crippen LogP contribution in [0.5, 0.6) is 0 Å². The summed E-state index contributed by atoms with van der Waals surface area (Å²) < 4.78 is 5.42. The molecule has 72 valence electrons. The molecule has 2 aliphatic rings. The average molecular weight is 183 g/mol. The quantitative estimate of drug-likeness (QED) is 0.561. The van der Waals surface area contributed by atoms with E-state index in [0.29, 0.717) is 5.96 Å². The van der Waals surface area contributed by atoms with E-state index in [4.69, 9.17) is 4.74 Å². The highest BCUT2D eigenvalue weighted by atomic mass is 16.5. The number of nitrogens with zero attached hydrogens (tertiary/aromatic N) is 1. The van der Waals surface area contributed by atoms with Gasteiger partial charge in [-0.2, -0.15) is 0 Å². The Bertz CT molecular complexity index is 246. The molecule has 5 heteroatoms. The minimum Gasteiger partial charge on any atom is -0.376 e. The zero-order valence-corrected chi connectivity index (χ0v) is 7.54. The van der Waals surface area contributed by atoms with E-state index in [-0.39, 0.29) is 18.1 Å². The van der Waals surface area contributed by atoms with E-state index in [9.17, 15) is 4.79 Å². The van der Waals surface area contributed by atoms with Crippen molar-refractivity contribution in [2.75, 3.05) is 13.7 Å². The van der Waals surface area contributed by atoms with Crippen LogP contribution in [0.25, 0.3) is 0 Å². The number of rotatable bonds is 1. The summed E-state index contributed by atoms with van der Waals surface area (Å²) in [4.78, 5) is 15.3. The lowest BCUT2D eigenvalue weighted by molar-refractivity contribution is -0.122. The molecule has 0 saturated carbocycles. The molecule has 0 spiro atoms. The highest BCUT2D eigenvalue weighted by Crippen LogP contribution is 2.17. The van der Waals surface area contributed by atoms with Gasteiger partial charge in [0.15, 0.2) is 5.96 Å². The molecule has 0 aliphatic carbocycles. The molecule has 0 bridgehead atoms. The third-order valence-electron chi connectivity index (χ3n) is 2.38. The number of hydrogen-bond acceptors (Lipinski definition) is 3. The van der Waals surface area contributed by atoms with Crippen LogP contribution in [0.2, 0.25) is 0 Å². The molecule has 2 rings (SSSR count). The minimum atomic E-state index is -0.249. The third-order valence-corrected chi connectivity index (χ3v) is 2.38. The predicted molar refractivity (Wildman–Crippen MR) is 47.4 cm³/mol. The van der Waals surface area contributed by atoms with Crippen molar-refractivity contribution in [2.45, 2.75) is 25.0 Å². The maximum atomic E-state index is 11.4. The van der Waals surface area contributed by atoms with Gasteiger partial charge in [0.1, 0.15) is 6.04 Å². The maximum absolute atomic E-state index is 11.4. The number of hydrogen-bond donors (Lipinski definition) is 2.